The van der Waals surface area contributed by atoms with E-state index >= 15 is 0 Å². The van der Waals surface area contributed by atoms with Gasteiger partial charge in [0.15, 0.2) is 0 Å². The van der Waals surface area contributed by atoms with Crippen LogP contribution in [0.1, 0.15) is 90.2 Å². The van der Waals surface area contributed by atoms with Crippen LogP contribution in [0.2, 0.25) is 0 Å². The van der Waals surface area contributed by atoms with Gasteiger partial charge < -0.3 is 32.9 Å². The summed E-state index contributed by atoms with van der Waals surface area (Å²) in [5.74, 6) is 3.52. The van der Waals surface area contributed by atoms with Gasteiger partial charge in [-0.3, -0.25) is 9.59 Å². The molecule has 4 aromatic carbocycles. The predicted molar refractivity (Wildman–Crippen MR) is 215 cm³/mol. The fourth-order valence-electron chi connectivity index (χ4n) is 8.21. The Hall–Kier alpha value is -5.54. The molecule has 292 valence electrons. The smallest absolute Gasteiger partial charge is 0.313 e. The van der Waals surface area contributed by atoms with Crippen LogP contribution in [-0.2, 0) is 51.2 Å². The van der Waals surface area contributed by atoms with E-state index in [-0.39, 0.29) is 30.4 Å². The zero-order chi connectivity index (χ0) is 39.0. The molecule has 56 heavy (non-hydrogen) atoms. The van der Waals surface area contributed by atoms with E-state index in [1.54, 1.807) is 0 Å². The van der Waals surface area contributed by atoms with Gasteiger partial charge in [0.25, 0.3) is 0 Å². The molecule has 0 saturated carbocycles. The van der Waals surface area contributed by atoms with E-state index in [1.165, 1.54) is 25.3 Å². The van der Waals surface area contributed by atoms with Crippen molar-refractivity contribution in [2.75, 3.05) is 27.4 Å². The molecular formula is C47H50O9. The van der Waals surface area contributed by atoms with E-state index in [2.05, 4.69) is 19.1 Å². The second-order valence-corrected chi connectivity index (χ2v) is 14.5. The summed E-state index contributed by atoms with van der Waals surface area (Å²) in [5.41, 5.74) is 7.37. The molecule has 0 fully saturated rings. The van der Waals surface area contributed by atoms with E-state index in [4.69, 9.17) is 32.9 Å². The van der Waals surface area contributed by atoms with E-state index in [0.29, 0.717) is 19.4 Å². The van der Waals surface area contributed by atoms with Gasteiger partial charge in [-0.25, -0.2) is 0 Å². The Morgan fingerprint density at radius 3 is 1.84 bits per heavy atom. The van der Waals surface area contributed by atoms with Crippen molar-refractivity contribution in [2.45, 2.75) is 83.0 Å². The minimum atomic E-state index is -0.185. The number of aryl methyl sites for hydroxylation is 3. The highest BCUT2D eigenvalue weighted by molar-refractivity contribution is 5.88. The van der Waals surface area contributed by atoms with Crippen LogP contribution in [0, 0.1) is 0 Å². The van der Waals surface area contributed by atoms with Crippen molar-refractivity contribution in [1.82, 2.24) is 0 Å². The molecule has 9 heteroatoms. The molecule has 1 N–H and O–H groups in total. The number of hydrogen-bond donors (Lipinski definition) is 1. The maximum Gasteiger partial charge on any atom is 0.313 e. The average molecular weight is 759 g/mol. The summed E-state index contributed by atoms with van der Waals surface area (Å²) in [4.78, 5) is 24.2. The number of carbonyl (C=O) groups is 2. The van der Waals surface area contributed by atoms with Crippen LogP contribution in [-0.4, -0.2) is 44.5 Å². The molecule has 2 atom stereocenters. The Morgan fingerprint density at radius 2 is 1.29 bits per heavy atom. The lowest BCUT2D eigenvalue weighted by molar-refractivity contribution is -0.143. The lowest BCUT2D eigenvalue weighted by atomic mass is 9.81. The first kappa shape index (κ1) is 38.7. The van der Waals surface area contributed by atoms with Crippen molar-refractivity contribution >= 4 is 33.9 Å². The van der Waals surface area contributed by atoms with Crippen molar-refractivity contribution < 1.29 is 42.5 Å². The van der Waals surface area contributed by atoms with Crippen LogP contribution in [0.5, 0.6) is 17.2 Å². The highest BCUT2D eigenvalue weighted by atomic mass is 16.5. The maximum absolute atomic E-state index is 12.3. The number of carbonyl (C=O) groups excluding carboxylic acids is 2. The molecule has 9 nitrogen and oxygen atoms in total. The van der Waals surface area contributed by atoms with Gasteiger partial charge >= 0.3 is 11.9 Å². The summed E-state index contributed by atoms with van der Waals surface area (Å²) in [6.45, 7) is 2.75. The summed E-state index contributed by atoms with van der Waals surface area (Å²) in [6.07, 6.45) is 8.65. The van der Waals surface area contributed by atoms with Crippen molar-refractivity contribution in [2.24, 2.45) is 0 Å². The molecule has 2 aliphatic rings. The first-order valence-electron chi connectivity index (χ1n) is 19.7. The standard InChI is InChI=1S/C31H32O5.C16H18O4/c1-3-8-21-19-23(35-22-9-5-4-6-10-22)13-15-29(21)34-18-17-24-20-28-25-11-7-12-27(31(32)33-2)26(25)14-16-30(28)36-24;1-19-16(18)13-4-2-3-11-12(13)5-6-15-14(11)9-10(20-15)7-8-17/h4-6,9-10,13-16,19-20,27H,3,7-8,11-12,17-18H2,1-2H3;5-6,9,13,17H,2-4,7-8H2,1H3. The predicted octanol–water partition coefficient (Wildman–Crippen LogP) is 9.95. The van der Waals surface area contributed by atoms with Gasteiger partial charge in [0, 0.05) is 23.6 Å². The molecule has 2 aromatic heterocycles. The molecule has 0 saturated heterocycles. The van der Waals surface area contributed by atoms with Gasteiger partial charge in [-0.1, -0.05) is 43.7 Å². The highest BCUT2D eigenvalue weighted by Crippen LogP contribution is 2.39. The molecular weight excluding hydrogens is 709 g/mol. The summed E-state index contributed by atoms with van der Waals surface area (Å²) in [5, 5.41) is 11.2. The lowest BCUT2D eigenvalue weighted by Gasteiger charge is -2.23. The third kappa shape index (κ3) is 8.48. The fourth-order valence-corrected chi connectivity index (χ4v) is 8.21. The Labute approximate surface area is 327 Å². The fraction of sp³-hybridized carbons (Fsp3) is 0.362. The highest BCUT2D eigenvalue weighted by Gasteiger charge is 2.30. The van der Waals surface area contributed by atoms with Gasteiger partial charge in [-0.15, -0.1) is 0 Å². The third-order valence-electron chi connectivity index (χ3n) is 10.9. The van der Waals surface area contributed by atoms with Gasteiger partial charge in [0.05, 0.1) is 39.3 Å². The quantitative estimate of drug-likeness (QED) is 0.122. The SMILES string of the molecule is CCCc1cc(Oc2ccccc2)ccc1OCCc1cc2c3c(ccc2o1)C(C(=O)OC)CCC3.COC(=O)C1CCCc2c1ccc1oc(CCO)cc21. The van der Waals surface area contributed by atoms with Crippen LogP contribution >= 0.6 is 0 Å². The zero-order valence-corrected chi connectivity index (χ0v) is 32.4. The number of benzene rings is 4. The minimum Gasteiger partial charge on any atom is -0.493 e. The first-order valence-corrected chi connectivity index (χ1v) is 19.7. The van der Waals surface area contributed by atoms with Crippen LogP contribution in [0.4, 0.5) is 0 Å². The number of aliphatic hydroxyl groups is 1. The molecule has 0 aliphatic heterocycles. The molecule has 0 amide bonds. The van der Waals surface area contributed by atoms with Crippen LogP contribution < -0.4 is 9.47 Å². The number of hydrogen-bond acceptors (Lipinski definition) is 9. The number of ether oxygens (including phenoxy) is 4. The number of methoxy groups -OCH3 is 2. The minimum absolute atomic E-state index is 0.0762. The van der Waals surface area contributed by atoms with Crippen molar-refractivity contribution in [3.63, 3.8) is 0 Å². The number of esters is 2. The van der Waals surface area contributed by atoms with E-state index in [0.717, 1.165) is 119 Å². The van der Waals surface area contributed by atoms with Crippen molar-refractivity contribution in [3.05, 3.63) is 124 Å². The number of para-hydroxylation sites is 1. The van der Waals surface area contributed by atoms with Crippen LogP contribution in [0.15, 0.2) is 93.8 Å². The molecule has 0 spiro atoms. The molecule has 0 radical (unpaired) electrons. The Bertz CT molecular complexity index is 2280. The summed E-state index contributed by atoms with van der Waals surface area (Å²) in [7, 11) is 2.90. The van der Waals surface area contributed by atoms with Crippen LogP contribution in [0.25, 0.3) is 21.9 Å². The monoisotopic (exact) mass is 758 g/mol. The summed E-state index contributed by atoms with van der Waals surface area (Å²) >= 11 is 0. The largest absolute Gasteiger partial charge is 0.493 e. The molecule has 8 rings (SSSR count). The summed E-state index contributed by atoms with van der Waals surface area (Å²) in [6, 6.07) is 27.8. The van der Waals surface area contributed by atoms with E-state index in [9.17, 15) is 9.59 Å². The first-order chi connectivity index (χ1) is 27.4. The number of rotatable bonds is 12. The third-order valence-corrected chi connectivity index (χ3v) is 10.9. The van der Waals surface area contributed by atoms with Gasteiger partial charge in [0.1, 0.15) is 39.9 Å². The van der Waals surface area contributed by atoms with Gasteiger partial charge in [0.2, 0.25) is 0 Å². The number of aliphatic hydroxyl groups excluding tert-OH is 1. The topological polar surface area (TPSA) is 118 Å². The van der Waals surface area contributed by atoms with Crippen molar-refractivity contribution in [1.29, 1.82) is 0 Å². The Kier molecular flexibility index (Phi) is 12.4. The summed E-state index contributed by atoms with van der Waals surface area (Å²) < 4.78 is 34.0. The Balaban J connectivity index is 0.000000202. The molecule has 0 bridgehead atoms. The number of furan rings is 2. The second kappa shape index (κ2) is 17.9. The van der Waals surface area contributed by atoms with E-state index in [1.807, 2.05) is 72.8 Å². The maximum atomic E-state index is 12.3. The van der Waals surface area contributed by atoms with Gasteiger partial charge in [-0.2, -0.15) is 0 Å². The second-order valence-electron chi connectivity index (χ2n) is 14.5. The number of fused-ring (bicyclic) bond motifs is 6. The Morgan fingerprint density at radius 1 is 0.696 bits per heavy atom. The normalized spacial score (nSPS) is 16.0. The molecule has 2 unspecified atom stereocenters. The molecule has 2 heterocycles. The van der Waals surface area contributed by atoms with Gasteiger partial charge in [-0.05, 0) is 127 Å². The van der Waals surface area contributed by atoms with E-state index < -0.39 is 0 Å². The molecule has 2 aliphatic carbocycles. The van der Waals surface area contributed by atoms with Crippen LogP contribution in [0.3, 0.4) is 0 Å². The lowest BCUT2D eigenvalue weighted by Crippen LogP contribution is -2.19. The molecule has 6 aromatic rings. The zero-order valence-electron chi connectivity index (χ0n) is 32.4. The van der Waals surface area contributed by atoms with Crippen molar-refractivity contribution in [3.8, 4) is 17.2 Å². The average Bonchev–Trinajstić information content (AvgIpc) is 3.86.